The predicted octanol–water partition coefficient (Wildman–Crippen LogP) is 29.6. The summed E-state index contributed by atoms with van der Waals surface area (Å²) in [5.74, 6) is 0. The van der Waals surface area contributed by atoms with Gasteiger partial charge in [-0.1, -0.05) is 255 Å². The first-order chi connectivity index (χ1) is 55.6. The maximum Gasteiger partial charge on any atom is 0.161 e. The molecular formula is C104H66N4O4. The number of nitrogens with zero attached hydrogens (tertiary/aromatic N) is 4. The van der Waals surface area contributed by atoms with Gasteiger partial charge in [-0.2, -0.15) is 0 Å². The van der Waals surface area contributed by atoms with E-state index in [-0.39, 0.29) is 0 Å². The quantitative estimate of drug-likeness (QED) is 0.121. The zero-order valence-electron chi connectivity index (χ0n) is 60.5. The van der Waals surface area contributed by atoms with E-state index in [1.54, 1.807) is 0 Å². The van der Waals surface area contributed by atoms with E-state index in [1.165, 1.54) is 33.0 Å². The molecule has 112 heavy (non-hydrogen) atoms. The van der Waals surface area contributed by atoms with Crippen molar-refractivity contribution in [3.63, 3.8) is 0 Å². The third-order valence-electron chi connectivity index (χ3n) is 22.2. The van der Waals surface area contributed by atoms with Gasteiger partial charge in [0.15, 0.2) is 16.7 Å². The van der Waals surface area contributed by atoms with Crippen LogP contribution in [0.1, 0.15) is 0 Å². The molecule has 0 fully saturated rings. The second-order valence-corrected chi connectivity index (χ2v) is 28.6. The smallest absolute Gasteiger partial charge is 0.161 e. The maximum atomic E-state index is 6.88. The van der Waals surface area contributed by atoms with Gasteiger partial charge in [0.1, 0.15) is 38.9 Å². The van der Waals surface area contributed by atoms with Crippen molar-refractivity contribution in [2.24, 2.45) is 0 Å². The Labute approximate surface area is 643 Å². The number of benzene rings is 17. The molecule has 0 aliphatic rings. The average Bonchev–Trinajstić information content (AvgIpc) is 1.56. The highest BCUT2D eigenvalue weighted by atomic mass is 16.3. The first kappa shape index (κ1) is 64.1. The molecule has 0 amide bonds. The molecule has 8 nitrogen and oxygen atoms in total. The van der Waals surface area contributed by atoms with E-state index >= 15 is 0 Å². The maximum absolute atomic E-state index is 6.88. The van der Waals surface area contributed by atoms with Gasteiger partial charge in [-0.25, -0.2) is 0 Å². The van der Waals surface area contributed by atoms with Crippen molar-refractivity contribution in [3.05, 3.63) is 400 Å². The Morgan fingerprint density at radius 3 is 1.13 bits per heavy atom. The molecular weight excluding hydrogens is 1370 g/mol. The third kappa shape index (κ3) is 10.6. The number of rotatable bonds is 12. The molecule has 17 aromatic carbocycles. The number of furan rings is 4. The monoisotopic (exact) mass is 1430 g/mol. The molecule has 0 radical (unpaired) electrons. The number of aromatic nitrogens is 2. The van der Waals surface area contributed by atoms with Gasteiger partial charge in [0.05, 0.1) is 16.7 Å². The van der Waals surface area contributed by atoms with Gasteiger partial charge in [-0.15, -0.1) is 0 Å². The third-order valence-corrected chi connectivity index (χ3v) is 22.2. The molecule has 0 saturated carbocycles. The normalized spacial score (nSPS) is 11.8. The largest absolute Gasteiger partial charge is 0.456 e. The van der Waals surface area contributed by atoms with E-state index in [1.807, 2.05) is 24.3 Å². The first-order valence-corrected chi connectivity index (χ1v) is 37.9. The van der Waals surface area contributed by atoms with Crippen LogP contribution < -0.4 is 9.80 Å². The van der Waals surface area contributed by atoms with Crippen molar-refractivity contribution in [3.8, 4) is 55.9 Å². The number of fused-ring (bicyclic) bond motifs is 17. The minimum atomic E-state index is 0.851. The van der Waals surface area contributed by atoms with Crippen molar-refractivity contribution in [1.82, 2.24) is 9.13 Å². The second-order valence-electron chi connectivity index (χ2n) is 28.6. The van der Waals surface area contributed by atoms with Crippen molar-refractivity contribution >= 4 is 155 Å². The number of hydrogen-bond acceptors (Lipinski definition) is 6. The Hall–Kier alpha value is -15.1. The van der Waals surface area contributed by atoms with Gasteiger partial charge in [0, 0.05) is 100 Å². The molecule has 8 heteroatoms. The van der Waals surface area contributed by atoms with Crippen LogP contribution >= 0.6 is 0 Å². The van der Waals surface area contributed by atoms with E-state index in [4.69, 9.17) is 17.7 Å². The van der Waals surface area contributed by atoms with Crippen LogP contribution in [0.4, 0.5) is 34.1 Å². The van der Waals surface area contributed by atoms with E-state index in [2.05, 4.69) is 395 Å². The van der Waals surface area contributed by atoms with E-state index in [0.29, 0.717) is 0 Å². The van der Waals surface area contributed by atoms with Crippen molar-refractivity contribution in [2.45, 2.75) is 0 Å². The Morgan fingerprint density at radius 2 is 0.571 bits per heavy atom. The summed E-state index contributed by atoms with van der Waals surface area (Å²) < 4.78 is 31.3. The number of hydrogen-bond donors (Lipinski definition) is 0. The van der Waals surface area contributed by atoms with Gasteiger partial charge in [0.2, 0.25) is 0 Å². The van der Waals surface area contributed by atoms with Crippen LogP contribution in [0.3, 0.4) is 0 Å². The molecule has 0 aliphatic carbocycles. The van der Waals surface area contributed by atoms with Gasteiger partial charge in [-0.3, -0.25) is 0 Å². The van der Waals surface area contributed by atoms with E-state index < -0.39 is 0 Å². The second kappa shape index (κ2) is 26.4. The van der Waals surface area contributed by atoms with Gasteiger partial charge >= 0.3 is 0 Å². The van der Waals surface area contributed by atoms with Crippen LogP contribution in [-0.2, 0) is 0 Å². The standard InChI is InChI=1S/C54H34N2O2.C50H32N2O2/c1-2-15-38(16-3-1)56-48-24-8-6-19-46(48)54-51(56)47-23-11-21-43(52(47)58-54)37-29-33-40(34-30-37)55(49-25-12-22-45-44-18-7-9-26-50(44)57-53(45)49)39-31-27-36(28-32-39)42-20-10-14-35-13-4-5-17-41(35)42;1-3-12-33(13-4-1)34-22-26-37(27-23-34)51(39-30-31-42-41-16-8-10-21-46(41)53-47(42)32-39)38-28-24-35(25-29-38)40-18-11-19-44-48-50(54-49(40)44)43-17-7-9-20-45(43)52(48)36-14-5-2-6-15-36/h1-34H;1-32H. The fraction of sp³-hybridized carbons (Fsp3) is 0. The molecule has 0 unspecified atom stereocenters. The lowest BCUT2D eigenvalue weighted by Gasteiger charge is -2.26. The lowest BCUT2D eigenvalue weighted by molar-refractivity contribution is 0.668. The molecule has 6 heterocycles. The summed E-state index contributed by atoms with van der Waals surface area (Å²) in [4.78, 5) is 4.60. The van der Waals surface area contributed by atoms with E-state index in [0.717, 1.165) is 178 Å². The summed E-state index contributed by atoms with van der Waals surface area (Å²) in [7, 11) is 0. The van der Waals surface area contributed by atoms with Crippen LogP contribution in [0.15, 0.2) is 418 Å². The van der Waals surface area contributed by atoms with Crippen molar-refractivity contribution in [1.29, 1.82) is 0 Å². The molecule has 0 spiro atoms. The lowest BCUT2D eigenvalue weighted by Crippen LogP contribution is -2.10. The minimum absolute atomic E-state index is 0.851. The summed E-state index contributed by atoms with van der Waals surface area (Å²) in [6.45, 7) is 0. The first-order valence-electron chi connectivity index (χ1n) is 37.9. The average molecular weight is 1440 g/mol. The molecule has 0 saturated heterocycles. The summed E-state index contributed by atoms with van der Waals surface area (Å²) in [5.41, 5.74) is 28.9. The summed E-state index contributed by atoms with van der Waals surface area (Å²) in [6, 6.07) is 141. The van der Waals surface area contributed by atoms with Gasteiger partial charge < -0.3 is 36.6 Å². The topological polar surface area (TPSA) is 68.9 Å². The molecule has 0 bridgehead atoms. The molecule has 526 valence electrons. The SMILES string of the molecule is c1ccc(-c2ccc(N(c3ccc(-c4cccc5c4oc4c6ccccc6n(-c6ccccc6)c54)cc3)c3ccc4c(c3)oc3ccccc34)cc2)cc1.c1ccc(-n2c3ccccc3c3oc4c(-c5ccc(N(c6ccc(-c7cccc8ccccc78)cc6)c6cccc7c6oc6ccccc67)cc5)cccc4c32)cc1. The summed E-state index contributed by atoms with van der Waals surface area (Å²) in [6.07, 6.45) is 0. The Balaban J connectivity index is 0.000000138. The zero-order chi connectivity index (χ0) is 73.7. The molecule has 23 aromatic rings. The highest BCUT2D eigenvalue weighted by Crippen LogP contribution is 2.49. The number of anilines is 6. The highest BCUT2D eigenvalue weighted by Gasteiger charge is 2.26. The Kier molecular flexibility index (Phi) is 15.1. The van der Waals surface area contributed by atoms with Crippen molar-refractivity contribution in [2.75, 3.05) is 9.80 Å². The molecule has 0 aliphatic heterocycles. The highest BCUT2D eigenvalue weighted by molar-refractivity contribution is 6.20. The summed E-state index contributed by atoms with van der Waals surface area (Å²) >= 11 is 0. The van der Waals surface area contributed by atoms with Crippen LogP contribution in [0.5, 0.6) is 0 Å². The lowest BCUT2D eigenvalue weighted by atomic mass is 9.98. The number of para-hydroxylation sites is 9. The van der Waals surface area contributed by atoms with Crippen LogP contribution in [-0.4, -0.2) is 9.13 Å². The Morgan fingerprint density at radius 1 is 0.196 bits per heavy atom. The van der Waals surface area contributed by atoms with Crippen LogP contribution in [0.25, 0.3) is 176 Å². The van der Waals surface area contributed by atoms with E-state index in [9.17, 15) is 0 Å². The van der Waals surface area contributed by atoms with Crippen LogP contribution in [0.2, 0.25) is 0 Å². The summed E-state index contributed by atoms with van der Waals surface area (Å²) in [5, 5.41) is 11.3. The zero-order valence-corrected chi connectivity index (χ0v) is 60.5. The fourth-order valence-corrected chi connectivity index (χ4v) is 17.0. The van der Waals surface area contributed by atoms with Crippen molar-refractivity contribution < 1.29 is 17.7 Å². The molecule has 23 rings (SSSR count). The molecule has 0 N–H and O–H groups in total. The minimum Gasteiger partial charge on any atom is -0.456 e. The molecule has 6 aromatic heterocycles. The predicted molar refractivity (Wildman–Crippen MR) is 464 cm³/mol. The fourth-order valence-electron chi connectivity index (χ4n) is 17.0. The Bertz CT molecular complexity index is 7530. The van der Waals surface area contributed by atoms with Gasteiger partial charge in [-0.05, 0) is 184 Å². The van der Waals surface area contributed by atoms with Crippen LogP contribution in [0, 0.1) is 0 Å². The molecule has 0 atom stereocenters. The van der Waals surface area contributed by atoms with Gasteiger partial charge in [0.25, 0.3) is 0 Å².